The first kappa shape index (κ1) is 19.4. The predicted octanol–water partition coefficient (Wildman–Crippen LogP) is 4.06. The van der Waals surface area contributed by atoms with Crippen molar-refractivity contribution >= 4 is 23.2 Å². The highest BCUT2D eigenvalue weighted by molar-refractivity contribution is 7.12. The summed E-state index contributed by atoms with van der Waals surface area (Å²) < 4.78 is 5.76. The minimum atomic E-state index is -0.484. The molecule has 0 saturated carbocycles. The summed E-state index contributed by atoms with van der Waals surface area (Å²) in [6.45, 7) is 9.84. The Balaban J connectivity index is 1.64. The minimum Gasteiger partial charge on any atom is -0.490 e. The summed E-state index contributed by atoms with van der Waals surface area (Å²) >= 11 is 1.77. The van der Waals surface area contributed by atoms with Gasteiger partial charge in [0.1, 0.15) is 5.75 Å². The summed E-state index contributed by atoms with van der Waals surface area (Å²) in [6, 6.07) is 5.31. The van der Waals surface area contributed by atoms with E-state index in [-0.39, 0.29) is 12.0 Å². The van der Waals surface area contributed by atoms with Crippen LogP contribution >= 0.6 is 11.3 Å². The third-order valence-electron chi connectivity index (χ3n) is 4.81. The van der Waals surface area contributed by atoms with E-state index in [2.05, 4.69) is 19.3 Å². The second-order valence-electron chi connectivity index (χ2n) is 7.25. The summed E-state index contributed by atoms with van der Waals surface area (Å²) in [4.78, 5) is 32.6. The number of ether oxygens (including phenoxy) is 1. The Labute approximate surface area is 163 Å². The molecule has 0 fully saturated rings. The second-order valence-corrected chi connectivity index (χ2v) is 8.68. The van der Waals surface area contributed by atoms with Crippen LogP contribution in [0, 0.1) is 26.7 Å². The van der Waals surface area contributed by atoms with Crippen molar-refractivity contribution in [2.45, 2.75) is 53.6 Å². The van der Waals surface area contributed by atoms with Gasteiger partial charge in [0.2, 0.25) is 0 Å². The van der Waals surface area contributed by atoms with Gasteiger partial charge in [0.15, 0.2) is 0 Å². The van der Waals surface area contributed by atoms with Crippen molar-refractivity contribution in [3.63, 3.8) is 0 Å². The molecule has 1 heterocycles. The van der Waals surface area contributed by atoms with Gasteiger partial charge >= 0.3 is 5.97 Å². The van der Waals surface area contributed by atoms with E-state index in [1.165, 1.54) is 20.9 Å². The Morgan fingerprint density at radius 3 is 2.33 bits per heavy atom. The Morgan fingerprint density at radius 1 is 1.11 bits per heavy atom. The van der Waals surface area contributed by atoms with E-state index in [0.717, 1.165) is 5.56 Å². The first-order valence-electron chi connectivity index (χ1n) is 9.13. The molecule has 0 bridgehead atoms. The summed E-state index contributed by atoms with van der Waals surface area (Å²) in [7, 11) is 0. The first-order valence-corrected chi connectivity index (χ1v) is 9.94. The molecule has 1 aromatic carbocycles. The summed E-state index contributed by atoms with van der Waals surface area (Å²) in [5.74, 6) is -0.621. The molecule has 2 aromatic rings. The Bertz CT molecular complexity index is 858. The maximum Gasteiger partial charge on any atom is 0.335 e. The third-order valence-corrected chi connectivity index (χ3v) is 5.91. The number of hydrogen-bond acceptors (Lipinski definition) is 5. The molecule has 0 radical (unpaired) electrons. The number of para-hydroxylation sites is 1. The zero-order valence-electron chi connectivity index (χ0n) is 16.3. The number of carbonyl (C=O) groups excluding carboxylic acids is 2. The SMILES string of the molecule is Cc1cccc(C(=O)NOC(=O)C2Cc3c(C)sc(C)c3C2)c1OC(C)C. The van der Waals surface area contributed by atoms with Crippen molar-refractivity contribution in [1.82, 2.24) is 5.48 Å². The van der Waals surface area contributed by atoms with Crippen molar-refractivity contribution in [1.29, 1.82) is 0 Å². The topological polar surface area (TPSA) is 64.6 Å². The minimum absolute atomic E-state index is 0.0657. The van der Waals surface area contributed by atoms with Gasteiger partial charge in [0, 0.05) is 9.75 Å². The van der Waals surface area contributed by atoms with Gasteiger partial charge in [-0.05, 0) is 70.2 Å². The molecular formula is C21H25NO4S. The summed E-state index contributed by atoms with van der Waals surface area (Å²) in [6.07, 6.45) is 1.28. The van der Waals surface area contributed by atoms with Gasteiger partial charge in [-0.3, -0.25) is 4.79 Å². The van der Waals surface area contributed by atoms with Gasteiger partial charge in [0.25, 0.3) is 5.91 Å². The van der Waals surface area contributed by atoms with Crippen LogP contribution in [0.2, 0.25) is 0 Å². The first-order chi connectivity index (χ1) is 12.8. The zero-order chi connectivity index (χ0) is 19.7. The number of rotatable bonds is 4. The van der Waals surface area contributed by atoms with Crippen molar-refractivity contribution in [2.24, 2.45) is 5.92 Å². The number of aryl methyl sites for hydroxylation is 3. The highest BCUT2D eigenvalue weighted by Crippen LogP contribution is 2.37. The lowest BCUT2D eigenvalue weighted by molar-refractivity contribution is -0.153. The molecule has 144 valence electrons. The molecule has 0 spiro atoms. The van der Waals surface area contributed by atoms with Crippen LogP contribution in [0.15, 0.2) is 18.2 Å². The van der Waals surface area contributed by atoms with Crippen LogP contribution in [-0.2, 0) is 22.5 Å². The Hall–Kier alpha value is -2.34. The highest BCUT2D eigenvalue weighted by Gasteiger charge is 2.33. The van der Waals surface area contributed by atoms with Crippen LogP contribution in [0.25, 0.3) is 0 Å². The molecule has 6 heteroatoms. The molecule has 1 amide bonds. The number of benzene rings is 1. The molecular weight excluding hydrogens is 362 g/mol. The molecule has 27 heavy (non-hydrogen) atoms. The van der Waals surface area contributed by atoms with Gasteiger partial charge in [0.05, 0.1) is 17.6 Å². The molecule has 0 atom stereocenters. The molecule has 0 unspecified atom stereocenters. The Kier molecular flexibility index (Phi) is 5.56. The molecule has 0 aliphatic heterocycles. The average Bonchev–Trinajstić information content (AvgIpc) is 3.16. The number of hydroxylamine groups is 1. The fraction of sp³-hybridized carbons (Fsp3) is 0.429. The van der Waals surface area contributed by atoms with E-state index in [4.69, 9.17) is 9.57 Å². The highest BCUT2D eigenvalue weighted by atomic mass is 32.1. The molecule has 1 aliphatic rings. The standard InChI is InChI=1S/C21H25NO4S/c1-11(2)25-19-12(3)7-6-8-16(19)20(23)22-26-21(24)15-9-17-13(4)27-14(5)18(17)10-15/h6-8,11,15H,9-10H2,1-5H3,(H,22,23). The maximum absolute atomic E-state index is 12.5. The van der Waals surface area contributed by atoms with Crippen LogP contribution in [0.1, 0.15) is 50.7 Å². The van der Waals surface area contributed by atoms with Gasteiger partial charge < -0.3 is 9.57 Å². The van der Waals surface area contributed by atoms with Crippen molar-refractivity contribution in [2.75, 3.05) is 0 Å². The number of fused-ring (bicyclic) bond motifs is 1. The van der Waals surface area contributed by atoms with Crippen molar-refractivity contribution < 1.29 is 19.2 Å². The lowest BCUT2D eigenvalue weighted by Crippen LogP contribution is -2.31. The molecule has 1 aliphatic carbocycles. The number of carbonyl (C=O) groups is 2. The van der Waals surface area contributed by atoms with Crippen LogP contribution < -0.4 is 10.2 Å². The predicted molar refractivity (Wildman–Crippen MR) is 105 cm³/mol. The van der Waals surface area contributed by atoms with E-state index >= 15 is 0 Å². The molecule has 3 rings (SSSR count). The summed E-state index contributed by atoms with van der Waals surface area (Å²) in [5, 5.41) is 0. The fourth-order valence-corrected chi connectivity index (χ4v) is 4.62. The van der Waals surface area contributed by atoms with Crippen LogP contribution in [0.4, 0.5) is 0 Å². The zero-order valence-corrected chi connectivity index (χ0v) is 17.2. The smallest absolute Gasteiger partial charge is 0.335 e. The number of thiophene rings is 1. The van der Waals surface area contributed by atoms with Gasteiger partial charge in [-0.1, -0.05) is 12.1 Å². The van der Waals surface area contributed by atoms with Crippen LogP contribution in [0.3, 0.4) is 0 Å². The molecule has 0 saturated heterocycles. The fourth-order valence-electron chi connectivity index (χ4n) is 3.50. The molecule has 1 N–H and O–H groups in total. The van der Waals surface area contributed by atoms with Crippen LogP contribution in [0.5, 0.6) is 5.75 Å². The summed E-state index contributed by atoms with van der Waals surface area (Å²) in [5.41, 5.74) is 6.03. The third kappa shape index (κ3) is 4.00. The molecule has 5 nitrogen and oxygen atoms in total. The van der Waals surface area contributed by atoms with Crippen molar-refractivity contribution in [3.8, 4) is 5.75 Å². The number of hydrogen-bond donors (Lipinski definition) is 1. The van der Waals surface area contributed by atoms with Gasteiger partial charge in [-0.25, -0.2) is 4.79 Å². The second kappa shape index (κ2) is 7.72. The number of amides is 1. The number of nitrogens with one attached hydrogen (secondary N) is 1. The Morgan fingerprint density at radius 2 is 1.74 bits per heavy atom. The van der Waals surface area contributed by atoms with E-state index in [1.54, 1.807) is 23.5 Å². The van der Waals surface area contributed by atoms with E-state index in [0.29, 0.717) is 24.2 Å². The lowest BCUT2D eigenvalue weighted by atomic mass is 10.1. The normalized spacial score (nSPS) is 13.6. The van der Waals surface area contributed by atoms with E-state index in [9.17, 15) is 9.59 Å². The van der Waals surface area contributed by atoms with E-state index < -0.39 is 11.9 Å². The lowest BCUT2D eigenvalue weighted by Gasteiger charge is -2.16. The molecule has 1 aromatic heterocycles. The average molecular weight is 388 g/mol. The van der Waals surface area contributed by atoms with Crippen LogP contribution in [-0.4, -0.2) is 18.0 Å². The van der Waals surface area contributed by atoms with Gasteiger partial charge in [-0.15, -0.1) is 11.3 Å². The largest absolute Gasteiger partial charge is 0.490 e. The van der Waals surface area contributed by atoms with Gasteiger partial charge in [-0.2, -0.15) is 5.48 Å². The monoisotopic (exact) mass is 387 g/mol. The quantitative estimate of drug-likeness (QED) is 0.804. The van der Waals surface area contributed by atoms with Crippen molar-refractivity contribution in [3.05, 3.63) is 50.2 Å². The van der Waals surface area contributed by atoms with E-state index in [1.807, 2.05) is 26.8 Å². The maximum atomic E-state index is 12.5.